The first kappa shape index (κ1) is 12.4. The zero-order valence-corrected chi connectivity index (χ0v) is 12.0. The first-order chi connectivity index (χ1) is 8.13. The van der Waals surface area contributed by atoms with Crippen molar-refractivity contribution < 1.29 is 4.79 Å². The lowest BCUT2D eigenvalue weighted by molar-refractivity contribution is 0.103. The van der Waals surface area contributed by atoms with Gasteiger partial charge in [0.15, 0.2) is 0 Å². The summed E-state index contributed by atoms with van der Waals surface area (Å²) in [5.74, 6) is -0.0200. The van der Waals surface area contributed by atoms with Crippen LogP contribution in [-0.4, -0.2) is 20.5 Å². The van der Waals surface area contributed by atoms with Crippen molar-refractivity contribution in [2.75, 3.05) is 0 Å². The van der Waals surface area contributed by atoms with Gasteiger partial charge in [-0.2, -0.15) is 5.10 Å². The van der Waals surface area contributed by atoms with Crippen molar-refractivity contribution in [1.29, 1.82) is 0 Å². The Bertz CT molecular complexity index is 547. The summed E-state index contributed by atoms with van der Waals surface area (Å²) < 4.78 is 2.48. The van der Waals surface area contributed by atoms with Crippen LogP contribution in [0, 0.1) is 6.92 Å². The molecule has 0 fully saturated rings. The number of ketones is 1. The summed E-state index contributed by atoms with van der Waals surface area (Å²) in [5, 5.41) is 5.09. The van der Waals surface area contributed by atoms with E-state index in [1.807, 2.05) is 6.92 Å². The molecule has 2 rings (SSSR count). The second-order valence-corrected chi connectivity index (χ2v) is 5.73. The van der Waals surface area contributed by atoms with E-state index in [-0.39, 0.29) is 5.78 Å². The minimum atomic E-state index is -0.0200. The molecule has 0 N–H and O–H groups in total. The van der Waals surface area contributed by atoms with Crippen LogP contribution in [0.2, 0.25) is 0 Å². The number of carbonyl (C=O) groups is 1. The van der Waals surface area contributed by atoms with E-state index in [1.165, 1.54) is 11.3 Å². The first-order valence-corrected chi connectivity index (χ1v) is 6.93. The van der Waals surface area contributed by atoms with Gasteiger partial charge >= 0.3 is 0 Å². The number of nitrogens with zero attached hydrogens (tertiary/aromatic N) is 3. The average Bonchev–Trinajstić information content (AvgIpc) is 2.86. The smallest absolute Gasteiger partial charge is 0.223 e. The summed E-state index contributed by atoms with van der Waals surface area (Å²) in [6.07, 6.45) is 4.23. The molecule has 0 aromatic carbocycles. The maximum Gasteiger partial charge on any atom is 0.223 e. The molecule has 0 saturated carbocycles. The molecule has 0 aliphatic heterocycles. The van der Waals surface area contributed by atoms with Gasteiger partial charge in [-0.1, -0.05) is 6.92 Å². The van der Waals surface area contributed by atoms with Crippen LogP contribution in [0.5, 0.6) is 0 Å². The third-order valence-corrected chi connectivity index (χ3v) is 3.78. The van der Waals surface area contributed by atoms with Gasteiger partial charge in [0.1, 0.15) is 5.69 Å². The molecule has 0 aliphatic rings. The number of hydrogen-bond donors (Lipinski definition) is 0. The molecule has 0 radical (unpaired) electrons. The average molecular weight is 314 g/mol. The highest BCUT2D eigenvalue weighted by Crippen LogP contribution is 2.23. The van der Waals surface area contributed by atoms with E-state index < -0.39 is 0 Å². The van der Waals surface area contributed by atoms with Crippen LogP contribution in [0.4, 0.5) is 0 Å². The van der Waals surface area contributed by atoms with Crippen molar-refractivity contribution >= 4 is 33.0 Å². The molecule has 2 heterocycles. The molecule has 0 atom stereocenters. The molecule has 4 nitrogen and oxygen atoms in total. The molecular weight excluding hydrogens is 302 g/mol. The summed E-state index contributed by atoms with van der Waals surface area (Å²) in [5.41, 5.74) is 0.607. The summed E-state index contributed by atoms with van der Waals surface area (Å²) in [6, 6.07) is 0. The lowest BCUT2D eigenvalue weighted by Crippen LogP contribution is -2.11. The Balaban J connectivity index is 2.39. The summed E-state index contributed by atoms with van der Waals surface area (Å²) in [6.45, 7) is 4.69. The van der Waals surface area contributed by atoms with Crippen molar-refractivity contribution in [1.82, 2.24) is 14.8 Å². The van der Waals surface area contributed by atoms with Crippen molar-refractivity contribution in [2.24, 2.45) is 0 Å². The number of thiazole rings is 1. The van der Waals surface area contributed by atoms with Gasteiger partial charge in [-0.15, -0.1) is 11.3 Å². The number of carbonyl (C=O) groups excluding carboxylic acids is 1. The molecule has 6 heteroatoms. The molecule has 0 saturated heterocycles. The quantitative estimate of drug-likeness (QED) is 0.815. The molecule has 0 unspecified atom stereocenters. The van der Waals surface area contributed by atoms with Crippen LogP contribution in [0.25, 0.3) is 0 Å². The predicted octanol–water partition coefficient (Wildman–Crippen LogP) is 3.05. The van der Waals surface area contributed by atoms with Crippen molar-refractivity contribution in [2.45, 2.75) is 26.8 Å². The predicted molar refractivity (Wildman–Crippen MR) is 70.5 cm³/mol. The van der Waals surface area contributed by atoms with E-state index in [4.69, 9.17) is 0 Å². The summed E-state index contributed by atoms with van der Waals surface area (Å²) >= 11 is 4.78. The Kier molecular flexibility index (Phi) is 3.73. The Labute approximate surface area is 112 Å². The van der Waals surface area contributed by atoms with Gasteiger partial charge in [0.25, 0.3) is 0 Å². The summed E-state index contributed by atoms with van der Waals surface area (Å²) in [4.78, 5) is 17.1. The number of rotatable bonds is 4. The number of hydrogen-bond acceptors (Lipinski definition) is 4. The second kappa shape index (κ2) is 5.10. The standard InChI is InChI=1S/C11H12BrN3OS/c1-3-4-15-10(8(12)5-14-15)11(16)9-6-13-7(2)17-9/h5-6H,3-4H2,1-2H3. The fourth-order valence-electron chi connectivity index (χ4n) is 1.55. The lowest BCUT2D eigenvalue weighted by Gasteiger charge is -2.04. The monoisotopic (exact) mass is 313 g/mol. The SMILES string of the molecule is CCCn1ncc(Br)c1C(=O)c1cnc(C)s1. The Morgan fingerprint density at radius 3 is 2.88 bits per heavy atom. The molecular formula is C11H12BrN3OS. The topological polar surface area (TPSA) is 47.8 Å². The third kappa shape index (κ3) is 2.47. The highest BCUT2D eigenvalue weighted by atomic mass is 79.9. The van der Waals surface area contributed by atoms with Crippen molar-refractivity contribution in [3.63, 3.8) is 0 Å². The lowest BCUT2D eigenvalue weighted by atomic mass is 10.2. The maximum atomic E-state index is 12.3. The van der Waals surface area contributed by atoms with Gasteiger partial charge in [-0.05, 0) is 29.3 Å². The van der Waals surface area contributed by atoms with Crippen molar-refractivity contribution in [3.05, 3.63) is 32.4 Å². The molecule has 2 aromatic rings. The highest BCUT2D eigenvalue weighted by molar-refractivity contribution is 9.10. The van der Waals surface area contributed by atoms with E-state index in [9.17, 15) is 4.79 Å². The van der Waals surface area contributed by atoms with Crippen LogP contribution < -0.4 is 0 Å². The van der Waals surface area contributed by atoms with E-state index in [0.717, 1.165) is 22.4 Å². The zero-order chi connectivity index (χ0) is 12.4. The largest absolute Gasteiger partial charge is 0.286 e. The van der Waals surface area contributed by atoms with Crippen LogP contribution in [0.15, 0.2) is 16.9 Å². The Morgan fingerprint density at radius 2 is 2.29 bits per heavy atom. The number of aryl methyl sites for hydroxylation is 2. The van der Waals surface area contributed by atoms with E-state index in [0.29, 0.717) is 10.6 Å². The first-order valence-electron chi connectivity index (χ1n) is 5.32. The van der Waals surface area contributed by atoms with Crippen LogP contribution in [0.3, 0.4) is 0 Å². The van der Waals surface area contributed by atoms with Crippen LogP contribution in [0.1, 0.15) is 33.7 Å². The second-order valence-electron chi connectivity index (χ2n) is 3.64. The highest BCUT2D eigenvalue weighted by Gasteiger charge is 2.20. The van der Waals surface area contributed by atoms with E-state index >= 15 is 0 Å². The van der Waals surface area contributed by atoms with Gasteiger partial charge in [0, 0.05) is 12.7 Å². The van der Waals surface area contributed by atoms with E-state index in [1.54, 1.807) is 17.1 Å². The van der Waals surface area contributed by atoms with Crippen LogP contribution >= 0.6 is 27.3 Å². The number of halogens is 1. The fraction of sp³-hybridized carbons (Fsp3) is 0.364. The Hall–Kier alpha value is -1.01. The number of aromatic nitrogens is 3. The third-order valence-electron chi connectivity index (χ3n) is 2.29. The molecule has 90 valence electrons. The minimum absolute atomic E-state index is 0.0200. The molecule has 0 aliphatic carbocycles. The molecule has 0 bridgehead atoms. The fourth-order valence-corrected chi connectivity index (χ4v) is 2.75. The minimum Gasteiger partial charge on any atom is -0.286 e. The molecule has 2 aromatic heterocycles. The van der Waals surface area contributed by atoms with Crippen LogP contribution in [-0.2, 0) is 6.54 Å². The van der Waals surface area contributed by atoms with Gasteiger partial charge in [-0.3, -0.25) is 9.48 Å². The Morgan fingerprint density at radius 1 is 1.53 bits per heavy atom. The van der Waals surface area contributed by atoms with Gasteiger partial charge in [0.2, 0.25) is 5.78 Å². The van der Waals surface area contributed by atoms with Gasteiger partial charge in [-0.25, -0.2) is 4.98 Å². The zero-order valence-electron chi connectivity index (χ0n) is 9.61. The summed E-state index contributed by atoms with van der Waals surface area (Å²) in [7, 11) is 0. The van der Waals surface area contributed by atoms with E-state index in [2.05, 4.69) is 32.9 Å². The molecule has 0 spiro atoms. The van der Waals surface area contributed by atoms with Gasteiger partial charge in [0.05, 0.1) is 20.6 Å². The normalized spacial score (nSPS) is 10.8. The molecule has 17 heavy (non-hydrogen) atoms. The molecule has 0 amide bonds. The maximum absolute atomic E-state index is 12.3. The van der Waals surface area contributed by atoms with Gasteiger partial charge < -0.3 is 0 Å². The van der Waals surface area contributed by atoms with Crippen molar-refractivity contribution in [3.8, 4) is 0 Å².